The Morgan fingerprint density at radius 2 is 1.80 bits per heavy atom. The molecule has 3 rings (SSSR count). The number of piperazine rings is 1. The number of hydrogen-bond acceptors (Lipinski definition) is 3. The summed E-state index contributed by atoms with van der Waals surface area (Å²) in [6, 6.07) is 6.84. The van der Waals surface area contributed by atoms with Crippen molar-refractivity contribution in [3.8, 4) is 0 Å². The van der Waals surface area contributed by atoms with Crippen LogP contribution in [-0.2, 0) is 12.7 Å². The maximum atomic E-state index is 12.9. The Kier molecular flexibility index (Phi) is 5.71. The van der Waals surface area contributed by atoms with Crippen molar-refractivity contribution in [2.45, 2.75) is 44.6 Å². The van der Waals surface area contributed by atoms with Gasteiger partial charge in [0.15, 0.2) is 0 Å². The third-order valence-corrected chi connectivity index (χ3v) is 5.58. The van der Waals surface area contributed by atoms with E-state index < -0.39 is 11.7 Å². The fraction of sp³-hybridized carbons (Fsp3) is 0.684. The van der Waals surface area contributed by atoms with Gasteiger partial charge in [0.25, 0.3) is 0 Å². The van der Waals surface area contributed by atoms with Crippen molar-refractivity contribution in [2.75, 3.05) is 39.8 Å². The molecular weight excluding hydrogens is 327 g/mol. The van der Waals surface area contributed by atoms with Crippen LogP contribution in [0.4, 0.5) is 13.2 Å². The number of benzene rings is 1. The van der Waals surface area contributed by atoms with Crippen molar-refractivity contribution >= 4 is 0 Å². The van der Waals surface area contributed by atoms with Crippen LogP contribution in [0, 0.1) is 0 Å². The molecule has 1 atom stereocenters. The highest BCUT2D eigenvalue weighted by molar-refractivity contribution is 5.25. The van der Waals surface area contributed by atoms with Crippen molar-refractivity contribution in [1.29, 1.82) is 0 Å². The largest absolute Gasteiger partial charge is 0.416 e. The van der Waals surface area contributed by atoms with Crippen LogP contribution >= 0.6 is 0 Å². The van der Waals surface area contributed by atoms with Gasteiger partial charge in [0.2, 0.25) is 0 Å². The van der Waals surface area contributed by atoms with Gasteiger partial charge in [0.05, 0.1) is 5.56 Å². The Balaban J connectivity index is 1.56. The molecule has 3 nitrogen and oxygen atoms in total. The third-order valence-electron chi connectivity index (χ3n) is 5.58. The number of likely N-dealkylation sites (tertiary alicyclic amines) is 1. The van der Waals surface area contributed by atoms with E-state index in [1.807, 2.05) is 0 Å². The summed E-state index contributed by atoms with van der Waals surface area (Å²) in [6.07, 6.45) is -1.83. The lowest BCUT2D eigenvalue weighted by atomic mass is 10.00. The lowest BCUT2D eigenvalue weighted by molar-refractivity contribution is -0.137. The molecule has 2 heterocycles. The van der Waals surface area contributed by atoms with Crippen LogP contribution in [-0.4, -0.2) is 66.6 Å². The van der Waals surface area contributed by atoms with Crippen LogP contribution in [0.2, 0.25) is 0 Å². The monoisotopic (exact) mass is 355 g/mol. The molecule has 2 aliphatic rings. The maximum Gasteiger partial charge on any atom is 0.416 e. The molecule has 140 valence electrons. The predicted octanol–water partition coefficient (Wildman–Crippen LogP) is 3.31. The van der Waals surface area contributed by atoms with Crippen LogP contribution in [0.25, 0.3) is 0 Å². The summed E-state index contributed by atoms with van der Waals surface area (Å²) in [5, 5.41) is 0. The van der Waals surface area contributed by atoms with E-state index in [1.165, 1.54) is 25.0 Å². The van der Waals surface area contributed by atoms with Crippen LogP contribution in [0.5, 0.6) is 0 Å². The number of hydrogen-bond donors (Lipinski definition) is 0. The molecule has 25 heavy (non-hydrogen) atoms. The minimum atomic E-state index is -4.27. The van der Waals surface area contributed by atoms with E-state index in [9.17, 15) is 13.2 Å². The van der Waals surface area contributed by atoms with E-state index in [4.69, 9.17) is 0 Å². The van der Waals surface area contributed by atoms with E-state index in [0.717, 1.165) is 44.4 Å². The molecule has 0 bridgehead atoms. The van der Waals surface area contributed by atoms with Gasteiger partial charge >= 0.3 is 6.18 Å². The van der Waals surface area contributed by atoms with Gasteiger partial charge in [0.1, 0.15) is 0 Å². The topological polar surface area (TPSA) is 9.72 Å². The van der Waals surface area contributed by atoms with Crippen molar-refractivity contribution < 1.29 is 13.2 Å². The Hall–Kier alpha value is -1.11. The van der Waals surface area contributed by atoms with Crippen LogP contribution in [0.15, 0.2) is 24.3 Å². The molecule has 1 aromatic carbocycles. The molecule has 0 aliphatic carbocycles. The molecule has 0 radical (unpaired) electrons. The summed E-state index contributed by atoms with van der Waals surface area (Å²) >= 11 is 0. The van der Waals surface area contributed by atoms with E-state index in [2.05, 4.69) is 28.7 Å². The second kappa shape index (κ2) is 7.64. The Morgan fingerprint density at radius 3 is 2.44 bits per heavy atom. The molecule has 0 unspecified atom stereocenters. The van der Waals surface area contributed by atoms with Gasteiger partial charge in [-0.25, -0.2) is 0 Å². The zero-order valence-electron chi connectivity index (χ0n) is 15.1. The first-order chi connectivity index (χ1) is 11.8. The minimum Gasteiger partial charge on any atom is -0.306 e. The quantitative estimate of drug-likeness (QED) is 0.824. The smallest absolute Gasteiger partial charge is 0.306 e. The molecule has 0 saturated carbocycles. The van der Waals surface area contributed by atoms with E-state index >= 15 is 0 Å². The summed E-state index contributed by atoms with van der Waals surface area (Å²) in [7, 11) is 2.17. The average Bonchev–Trinajstić information content (AvgIpc) is 2.56. The summed E-state index contributed by atoms with van der Waals surface area (Å²) < 4.78 is 38.6. The van der Waals surface area contributed by atoms with Crippen molar-refractivity contribution in [1.82, 2.24) is 14.7 Å². The predicted molar refractivity (Wildman–Crippen MR) is 93.4 cm³/mol. The molecule has 1 aromatic rings. The van der Waals surface area contributed by atoms with Gasteiger partial charge in [0, 0.05) is 38.3 Å². The number of alkyl halides is 3. The molecule has 0 aromatic heterocycles. The molecular formula is C19H28F3N3. The molecule has 2 saturated heterocycles. The Bertz CT molecular complexity index is 567. The highest BCUT2D eigenvalue weighted by Crippen LogP contribution is 2.30. The van der Waals surface area contributed by atoms with E-state index in [1.54, 1.807) is 6.07 Å². The molecule has 2 aliphatic heterocycles. The summed E-state index contributed by atoms with van der Waals surface area (Å²) in [4.78, 5) is 7.27. The fourth-order valence-corrected chi connectivity index (χ4v) is 4.16. The normalized spacial score (nSPS) is 25.4. The second-order valence-corrected chi connectivity index (χ2v) is 7.55. The highest BCUT2D eigenvalue weighted by atomic mass is 19.4. The summed E-state index contributed by atoms with van der Waals surface area (Å²) in [5.41, 5.74) is 0.192. The number of rotatable bonds is 3. The standard InChI is InChI=1S/C19H28F3N3/c1-15-13-24(10-11-25(15)18-6-8-23(2)9-7-18)14-16-4-3-5-17(12-16)19(20,21)22/h3-5,12,15,18H,6-11,13-14H2,1-2H3/t15-/m1/s1. The average molecular weight is 355 g/mol. The van der Waals surface area contributed by atoms with Gasteiger partial charge in [-0.15, -0.1) is 0 Å². The fourth-order valence-electron chi connectivity index (χ4n) is 4.16. The van der Waals surface area contributed by atoms with Gasteiger partial charge in [-0.3, -0.25) is 9.80 Å². The molecule has 2 fully saturated rings. The first-order valence-corrected chi connectivity index (χ1v) is 9.15. The Labute approximate surface area is 148 Å². The lowest BCUT2D eigenvalue weighted by Gasteiger charge is -2.46. The molecule has 0 N–H and O–H groups in total. The minimum absolute atomic E-state index is 0.452. The van der Waals surface area contributed by atoms with Crippen LogP contribution < -0.4 is 0 Å². The van der Waals surface area contributed by atoms with Gasteiger partial charge in [-0.2, -0.15) is 13.2 Å². The third kappa shape index (κ3) is 4.74. The number of nitrogens with zero attached hydrogens (tertiary/aromatic N) is 3. The van der Waals surface area contributed by atoms with Crippen LogP contribution in [0.1, 0.15) is 30.9 Å². The summed E-state index contributed by atoms with van der Waals surface area (Å²) in [6.45, 7) is 8.00. The molecule has 0 amide bonds. The van der Waals surface area contributed by atoms with E-state index in [-0.39, 0.29) is 0 Å². The van der Waals surface area contributed by atoms with Gasteiger partial charge < -0.3 is 4.90 Å². The molecule has 6 heteroatoms. The lowest BCUT2D eigenvalue weighted by Crippen LogP contribution is -2.56. The zero-order chi connectivity index (χ0) is 18.0. The maximum absolute atomic E-state index is 12.9. The summed E-state index contributed by atoms with van der Waals surface area (Å²) in [5.74, 6) is 0. The second-order valence-electron chi connectivity index (χ2n) is 7.55. The van der Waals surface area contributed by atoms with Crippen molar-refractivity contribution in [2.24, 2.45) is 0 Å². The zero-order valence-corrected chi connectivity index (χ0v) is 15.1. The number of piperidine rings is 1. The number of halogens is 3. The van der Waals surface area contributed by atoms with Gasteiger partial charge in [-0.05, 0) is 51.5 Å². The molecule has 0 spiro atoms. The highest BCUT2D eigenvalue weighted by Gasteiger charge is 2.32. The van der Waals surface area contributed by atoms with Crippen molar-refractivity contribution in [3.05, 3.63) is 35.4 Å². The van der Waals surface area contributed by atoms with E-state index in [0.29, 0.717) is 18.6 Å². The SMILES string of the molecule is C[C@@H]1CN(Cc2cccc(C(F)(F)F)c2)CCN1C1CCN(C)CC1. The first-order valence-electron chi connectivity index (χ1n) is 9.15. The van der Waals surface area contributed by atoms with Gasteiger partial charge in [-0.1, -0.05) is 18.2 Å². The first kappa shape index (κ1) is 18.7. The van der Waals surface area contributed by atoms with Crippen molar-refractivity contribution in [3.63, 3.8) is 0 Å². The Morgan fingerprint density at radius 1 is 1.08 bits per heavy atom. The van der Waals surface area contributed by atoms with Crippen LogP contribution in [0.3, 0.4) is 0 Å².